The first kappa shape index (κ1) is 16.9. The van der Waals surface area contributed by atoms with Crippen LogP contribution in [0.2, 0.25) is 0 Å². The molecule has 12 nitrogen and oxygen atoms in total. The van der Waals surface area contributed by atoms with E-state index in [0.717, 1.165) is 9.13 Å². The summed E-state index contributed by atoms with van der Waals surface area (Å²) in [4.78, 5) is 55.6. The first-order valence-corrected chi connectivity index (χ1v) is 8.08. The van der Waals surface area contributed by atoms with E-state index in [0.29, 0.717) is 11.5 Å². The maximum absolute atomic E-state index is 12.6. The molecule has 0 saturated heterocycles. The summed E-state index contributed by atoms with van der Waals surface area (Å²) in [5.74, 6) is 0.359. The van der Waals surface area contributed by atoms with Gasteiger partial charge in [-0.2, -0.15) is 0 Å². The maximum atomic E-state index is 12.6. The van der Waals surface area contributed by atoms with E-state index in [4.69, 9.17) is 0 Å². The van der Waals surface area contributed by atoms with Crippen LogP contribution in [-0.2, 0) is 28.2 Å². The highest BCUT2D eigenvalue weighted by atomic mass is 16.2. The van der Waals surface area contributed by atoms with Crippen LogP contribution in [0.15, 0.2) is 25.5 Å². The number of aryl methyl sites for hydroxylation is 1. The molecule has 0 spiro atoms. The highest BCUT2D eigenvalue weighted by molar-refractivity contribution is 5.76. The molecule has 0 bridgehead atoms. The minimum Gasteiger partial charge on any atom is -0.348 e. The summed E-state index contributed by atoms with van der Waals surface area (Å²) in [6.07, 6.45) is 1.40. The topological polar surface area (TPSA) is 112 Å². The molecule has 27 heavy (non-hydrogen) atoms. The Balaban J connectivity index is 2.11. The molecule has 12 heteroatoms. The van der Waals surface area contributed by atoms with Gasteiger partial charge in [-0.3, -0.25) is 27.9 Å². The Morgan fingerprint density at radius 3 is 2.07 bits per heavy atom. The van der Waals surface area contributed by atoms with Crippen molar-refractivity contribution in [3.63, 3.8) is 0 Å². The number of aromatic nitrogens is 6. The predicted molar refractivity (Wildman–Crippen MR) is 98.3 cm³/mol. The minimum absolute atomic E-state index is 0.115. The van der Waals surface area contributed by atoms with E-state index in [1.807, 2.05) is 0 Å². The van der Waals surface area contributed by atoms with Crippen molar-refractivity contribution < 1.29 is 0 Å². The van der Waals surface area contributed by atoms with Gasteiger partial charge >= 0.3 is 11.4 Å². The van der Waals surface area contributed by atoms with Crippen molar-refractivity contribution in [1.82, 2.24) is 27.9 Å². The molecule has 0 unspecified atom stereocenters. The van der Waals surface area contributed by atoms with Crippen LogP contribution in [0.5, 0.6) is 0 Å². The second kappa shape index (κ2) is 5.22. The average molecular weight is 374 g/mol. The fourth-order valence-electron chi connectivity index (χ4n) is 3.49. The second-order valence-electron chi connectivity index (χ2n) is 6.58. The van der Waals surface area contributed by atoms with E-state index in [2.05, 4.69) is 4.98 Å². The van der Waals surface area contributed by atoms with Crippen molar-refractivity contribution >= 4 is 22.7 Å². The van der Waals surface area contributed by atoms with Crippen LogP contribution in [0.3, 0.4) is 0 Å². The fraction of sp³-hybridized carbons (Fsp3) is 0.400. The van der Waals surface area contributed by atoms with Gasteiger partial charge in [-0.1, -0.05) is 0 Å². The Bertz CT molecular complexity index is 1350. The number of imidazole rings is 1. The molecule has 0 aromatic carbocycles. The molecule has 0 N–H and O–H groups in total. The Labute approximate surface area is 151 Å². The molecule has 4 rings (SSSR count). The van der Waals surface area contributed by atoms with Crippen molar-refractivity contribution in [2.45, 2.75) is 0 Å². The van der Waals surface area contributed by atoms with Gasteiger partial charge < -0.3 is 4.90 Å². The number of fused-ring (bicyclic) bond motifs is 2. The predicted octanol–water partition coefficient (Wildman–Crippen LogP) is -2.49. The highest BCUT2D eigenvalue weighted by Gasteiger charge is 2.33. The van der Waals surface area contributed by atoms with E-state index >= 15 is 0 Å². The average Bonchev–Trinajstić information content (AvgIpc) is 3.22. The van der Waals surface area contributed by atoms with E-state index in [1.165, 1.54) is 41.3 Å². The zero-order chi connectivity index (χ0) is 19.8. The molecule has 0 fully saturated rings. The van der Waals surface area contributed by atoms with Crippen LogP contribution in [0.1, 0.15) is 0 Å². The standard InChI is InChI=1S/C15H18N8O4/c1-17-7-23(11-9(17)13(25)21(5)15(27)19(11)3)22-6-16-8-10(22)18(2)14(26)20(4)12(8)24/h6H,7H2,1-5H3. The number of hydrogen-bond acceptors (Lipinski definition) is 7. The summed E-state index contributed by atoms with van der Waals surface area (Å²) in [5, 5.41) is 1.63. The van der Waals surface area contributed by atoms with Crippen LogP contribution in [0, 0.1) is 0 Å². The molecule has 0 atom stereocenters. The van der Waals surface area contributed by atoms with Crippen LogP contribution in [0.25, 0.3) is 11.2 Å². The molecule has 1 aliphatic rings. The van der Waals surface area contributed by atoms with Crippen LogP contribution < -0.4 is 32.4 Å². The maximum Gasteiger partial charge on any atom is 0.332 e. The Hall–Kier alpha value is -3.57. The molecule has 3 aromatic heterocycles. The third-order valence-corrected chi connectivity index (χ3v) is 4.97. The van der Waals surface area contributed by atoms with Crippen molar-refractivity contribution in [2.75, 3.05) is 23.6 Å². The zero-order valence-corrected chi connectivity index (χ0v) is 15.5. The second-order valence-corrected chi connectivity index (χ2v) is 6.58. The molecule has 4 heterocycles. The normalized spacial score (nSPS) is 13.7. The smallest absolute Gasteiger partial charge is 0.332 e. The molecule has 142 valence electrons. The van der Waals surface area contributed by atoms with Gasteiger partial charge in [0.15, 0.2) is 17.0 Å². The van der Waals surface area contributed by atoms with Crippen molar-refractivity contribution in [2.24, 2.45) is 28.2 Å². The zero-order valence-electron chi connectivity index (χ0n) is 15.5. The van der Waals surface area contributed by atoms with Crippen LogP contribution in [0.4, 0.5) is 11.5 Å². The summed E-state index contributed by atoms with van der Waals surface area (Å²) in [6, 6.07) is 0. The van der Waals surface area contributed by atoms with E-state index in [9.17, 15) is 19.2 Å². The summed E-state index contributed by atoms with van der Waals surface area (Å²) in [6.45, 7) is 0.233. The number of nitrogens with zero attached hydrogens (tertiary/aromatic N) is 8. The van der Waals surface area contributed by atoms with Gasteiger partial charge in [-0.05, 0) is 0 Å². The van der Waals surface area contributed by atoms with Gasteiger partial charge in [0.05, 0.1) is 0 Å². The largest absolute Gasteiger partial charge is 0.348 e. The molecule has 0 amide bonds. The molecule has 0 radical (unpaired) electrons. The van der Waals surface area contributed by atoms with Crippen molar-refractivity contribution in [1.29, 1.82) is 0 Å². The minimum atomic E-state index is -0.516. The molecule has 1 aliphatic heterocycles. The lowest BCUT2D eigenvalue weighted by atomic mass is 10.4. The molecule has 0 saturated carbocycles. The van der Waals surface area contributed by atoms with E-state index in [-0.39, 0.29) is 17.8 Å². The molecular weight excluding hydrogens is 356 g/mol. The SMILES string of the molecule is CN1CN(n2cnc3c(=O)n(C)c(=O)n(C)c32)c2c1c(=O)n(C)c(=O)n2C. The molecule has 3 aromatic rings. The van der Waals surface area contributed by atoms with E-state index < -0.39 is 22.5 Å². The number of anilines is 2. The van der Waals surface area contributed by atoms with Crippen molar-refractivity contribution in [3.05, 3.63) is 48.0 Å². The van der Waals surface area contributed by atoms with Gasteiger partial charge in [0.1, 0.15) is 18.7 Å². The number of hydrogen-bond donors (Lipinski definition) is 0. The molecule has 0 aliphatic carbocycles. The van der Waals surface area contributed by atoms with Crippen LogP contribution in [-0.4, -0.2) is 41.6 Å². The van der Waals surface area contributed by atoms with Crippen molar-refractivity contribution in [3.8, 4) is 0 Å². The summed E-state index contributed by atoms with van der Waals surface area (Å²) < 4.78 is 6.19. The third kappa shape index (κ3) is 1.94. The lowest BCUT2D eigenvalue weighted by Crippen LogP contribution is -2.41. The lowest BCUT2D eigenvalue weighted by molar-refractivity contribution is 0.640. The fourth-order valence-corrected chi connectivity index (χ4v) is 3.49. The Morgan fingerprint density at radius 2 is 1.41 bits per heavy atom. The summed E-state index contributed by atoms with van der Waals surface area (Å²) >= 11 is 0. The first-order chi connectivity index (χ1) is 12.7. The van der Waals surface area contributed by atoms with Crippen LogP contribution >= 0.6 is 0 Å². The number of rotatable bonds is 1. The quantitative estimate of drug-likeness (QED) is 0.463. The monoisotopic (exact) mass is 374 g/mol. The van der Waals surface area contributed by atoms with Gasteiger partial charge in [0.25, 0.3) is 11.1 Å². The summed E-state index contributed by atoms with van der Waals surface area (Å²) in [7, 11) is 7.62. The third-order valence-electron chi connectivity index (χ3n) is 4.97. The van der Waals surface area contributed by atoms with Gasteiger partial charge in [-0.25, -0.2) is 24.3 Å². The first-order valence-electron chi connectivity index (χ1n) is 8.08. The van der Waals surface area contributed by atoms with Gasteiger partial charge in [0.2, 0.25) is 0 Å². The Kier molecular flexibility index (Phi) is 3.26. The van der Waals surface area contributed by atoms with Gasteiger partial charge in [0, 0.05) is 35.2 Å². The van der Waals surface area contributed by atoms with E-state index in [1.54, 1.807) is 24.0 Å². The molecular formula is C15H18N8O4. The van der Waals surface area contributed by atoms with Gasteiger partial charge in [-0.15, -0.1) is 0 Å². The highest BCUT2D eigenvalue weighted by Crippen LogP contribution is 2.31. The summed E-state index contributed by atoms with van der Waals surface area (Å²) in [5.41, 5.74) is -1.18. The lowest BCUT2D eigenvalue weighted by Gasteiger charge is -2.22. The Morgan fingerprint density at radius 1 is 0.815 bits per heavy atom.